The predicted octanol–water partition coefficient (Wildman–Crippen LogP) is 3.06. The number of anilines is 1. The van der Waals surface area contributed by atoms with Gasteiger partial charge in [0.2, 0.25) is 0 Å². The van der Waals surface area contributed by atoms with Gasteiger partial charge in [-0.05, 0) is 37.0 Å². The summed E-state index contributed by atoms with van der Waals surface area (Å²) in [5.74, 6) is 0.415. The van der Waals surface area contributed by atoms with Crippen molar-refractivity contribution in [2.24, 2.45) is 11.7 Å². The zero-order chi connectivity index (χ0) is 12.3. The molecule has 3 N–H and O–H groups in total. The normalized spacial score (nSPS) is 16.1. The maximum Gasteiger partial charge on any atom is 0.124 e. The Morgan fingerprint density at radius 3 is 2.76 bits per heavy atom. The van der Waals surface area contributed by atoms with E-state index in [-0.39, 0.29) is 10.8 Å². The zero-order valence-electron chi connectivity index (χ0n) is 9.71. The van der Waals surface area contributed by atoms with Gasteiger partial charge >= 0.3 is 0 Å². The highest BCUT2D eigenvalue weighted by atomic mass is 32.1. The molecule has 0 amide bonds. The Morgan fingerprint density at radius 2 is 2.12 bits per heavy atom. The number of nitrogens with two attached hydrogens (primary N) is 1. The van der Waals surface area contributed by atoms with Crippen molar-refractivity contribution < 1.29 is 4.39 Å². The fourth-order valence-corrected chi connectivity index (χ4v) is 2.51. The van der Waals surface area contributed by atoms with E-state index in [9.17, 15) is 4.39 Å². The van der Waals surface area contributed by atoms with Crippen LogP contribution in [0, 0.1) is 11.7 Å². The Balaban J connectivity index is 2.06. The molecular formula is C13H17FN2S. The molecular weight excluding hydrogens is 235 g/mol. The maximum absolute atomic E-state index is 13.1. The van der Waals surface area contributed by atoms with Crippen molar-refractivity contribution in [1.82, 2.24) is 0 Å². The van der Waals surface area contributed by atoms with Crippen LogP contribution in [-0.2, 0) is 0 Å². The molecule has 1 aromatic carbocycles. The minimum Gasteiger partial charge on any atom is -0.389 e. The van der Waals surface area contributed by atoms with Gasteiger partial charge in [0.15, 0.2) is 0 Å². The highest BCUT2D eigenvalue weighted by Gasteiger charge is 2.15. The Labute approximate surface area is 106 Å². The van der Waals surface area contributed by atoms with E-state index in [0.717, 1.165) is 18.2 Å². The second-order valence-corrected chi connectivity index (χ2v) is 5.03. The van der Waals surface area contributed by atoms with E-state index < -0.39 is 0 Å². The summed E-state index contributed by atoms with van der Waals surface area (Å²) in [6, 6.07) is 4.52. The van der Waals surface area contributed by atoms with Crippen LogP contribution in [0.2, 0.25) is 0 Å². The molecule has 0 aromatic heterocycles. The average molecular weight is 252 g/mol. The number of halogens is 1. The third-order valence-corrected chi connectivity index (χ3v) is 3.52. The van der Waals surface area contributed by atoms with Crippen LogP contribution in [0.25, 0.3) is 0 Å². The Hall–Kier alpha value is -1.16. The van der Waals surface area contributed by atoms with Gasteiger partial charge in [0.05, 0.1) is 0 Å². The number of hydrogen-bond donors (Lipinski definition) is 2. The number of thiocarbonyl (C=S) groups is 1. The SMILES string of the molecule is NC(=S)c1cc(F)ccc1NCC1CCCC1. The van der Waals surface area contributed by atoms with Crippen LogP contribution in [0.5, 0.6) is 0 Å². The van der Waals surface area contributed by atoms with Crippen LogP contribution >= 0.6 is 12.2 Å². The van der Waals surface area contributed by atoms with Crippen LogP contribution in [0.4, 0.5) is 10.1 Å². The lowest BCUT2D eigenvalue weighted by atomic mass is 10.1. The third-order valence-electron chi connectivity index (χ3n) is 3.30. The first-order valence-electron chi connectivity index (χ1n) is 6.00. The first-order chi connectivity index (χ1) is 8.16. The molecule has 1 aliphatic rings. The summed E-state index contributed by atoms with van der Waals surface area (Å²) in [7, 11) is 0. The fourth-order valence-electron chi connectivity index (χ4n) is 2.34. The fraction of sp³-hybridized carbons (Fsp3) is 0.462. The van der Waals surface area contributed by atoms with Crippen LogP contribution in [0.1, 0.15) is 31.2 Å². The summed E-state index contributed by atoms with van der Waals surface area (Å²) in [4.78, 5) is 0.235. The molecule has 2 nitrogen and oxygen atoms in total. The standard InChI is InChI=1S/C13H17FN2S/c14-10-5-6-12(11(7-10)13(15)17)16-8-9-3-1-2-4-9/h5-7,9,16H,1-4,8H2,(H2,15,17). The highest BCUT2D eigenvalue weighted by Crippen LogP contribution is 2.26. The smallest absolute Gasteiger partial charge is 0.124 e. The second-order valence-electron chi connectivity index (χ2n) is 4.59. The van der Waals surface area contributed by atoms with Gasteiger partial charge in [0, 0.05) is 17.8 Å². The highest BCUT2D eigenvalue weighted by molar-refractivity contribution is 7.80. The van der Waals surface area contributed by atoms with E-state index in [1.165, 1.54) is 37.8 Å². The van der Waals surface area contributed by atoms with E-state index in [1.807, 2.05) is 0 Å². The van der Waals surface area contributed by atoms with E-state index in [1.54, 1.807) is 6.07 Å². The first kappa shape index (κ1) is 12.3. The molecule has 1 aliphatic carbocycles. The van der Waals surface area contributed by atoms with Crippen molar-refractivity contribution in [3.63, 3.8) is 0 Å². The van der Waals surface area contributed by atoms with Gasteiger partial charge in [-0.2, -0.15) is 0 Å². The molecule has 1 fully saturated rings. The Morgan fingerprint density at radius 1 is 1.41 bits per heavy atom. The molecule has 0 aliphatic heterocycles. The van der Waals surface area contributed by atoms with Gasteiger partial charge in [0.25, 0.3) is 0 Å². The molecule has 4 heteroatoms. The molecule has 92 valence electrons. The molecule has 0 unspecified atom stereocenters. The second kappa shape index (κ2) is 5.45. The Kier molecular flexibility index (Phi) is 3.94. The maximum atomic E-state index is 13.1. The molecule has 0 radical (unpaired) electrons. The van der Waals surface area contributed by atoms with Gasteiger partial charge < -0.3 is 11.1 Å². The van der Waals surface area contributed by atoms with Gasteiger partial charge in [-0.3, -0.25) is 0 Å². The van der Waals surface area contributed by atoms with Crippen molar-refractivity contribution in [1.29, 1.82) is 0 Å². The lowest BCUT2D eigenvalue weighted by Gasteiger charge is -2.14. The summed E-state index contributed by atoms with van der Waals surface area (Å²) in [6.07, 6.45) is 5.18. The summed E-state index contributed by atoms with van der Waals surface area (Å²) >= 11 is 4.93. The minimum atomic E-state index is -0.306. The van der Waals surface area contributed by atoms with E-state index in [0.29, 0.717) is 5.56 Å². The number of benzene rings is 1. The van der Waals surface area contributed by atoms with Crippen molar-refractivity contribution in [3.05, 3.63) is 29.6 Å². The quantitative estimate of drug-likeness (QED) is 0.809. The third kappa shape index (κ3) is 3.16. The number of hydrogen-bond acceptors (Lipinski definition) is 2. The summed E-state index contributed by atoms with van der Waals surface area (Å²) in [6.45, 7) is 0.918. The van der Waals surface area contributed by atoms with E-state index in [4.69, 9.17) is 18.0 Å². The minimum absolute atomic E-state index is 0.235. The molecule has 0 spiro atoms. The lowest BCUT2D eigenvalue weighted by molar-refractivity contribution is 0.579. The van der Waals surface area contributed by atoms with Crippen molar-refractivity contribution in [3.8, 4) is 0 Å². The van der Waals surface area contributed by atoms with Crippen molar-refractivity contribution in [2.75, 3.05) is 11.9 Å². The molecule has 1 saturated carbocycles. The number of rotatable bonds is 4. The summed E-state index contributed by atoms with van der Waals surface area (Å²) in [5, 5.41) is 3.33. The molecule has 0 saturated heterocycles. The average Bonchev–Trinajstić information content (AvgIpc) is 2.80. The van der Waals surface area contributed by atoms with E-state index in [2.05, 4.69) is 5.32 Å². The lowest BCUT2D eigenvalue weighted by Crippen LogP contribution is -2.17. The molecule has 17 heavy (non-hydrogen) atoms. The zero-order valence-corrected chi connectivity index (χ0v) is 10.5. The van der Waals surface area contributed by atoms with Gasteiger partial charge in [0.1, 0.15) is 10.8 Å². The van der Waals surface area contributed by atoms with Crippen molar-refractivity contribution in [2.45, 2.75) is 25.7 Å². The molecule has 1 aromatic rings. The van der Waals surface area contributed by atoms with Crippen LogP contribution in [0.3, 0.4) is 0 Å². The van der Waals surface area contributed by atoms with Gasteiger partial charge in [-0.25, -0.2) is 4.39 Å². The molecule has 0 heterocycles. The number of nitrogens with one attached hydrogen (secondary N) is 1. The predicted molar refractivity (Wildman–Crippen MR) is 72.7 cm³/mol. The molecule has 0 atom stereocenters. The Bertz CT molecular complexity index is 414. The van der Waals surface area contributed by atoms with Gasteiger partial charge in [-0.1, -0.05) is 25.1 Å². The van der Waals surface area contributed by atoms with Crippen molar-refractivity contribution >= 4 is 22.9 Å². The topological polar surface area (TPSA) is 38.0 Å². The van der Waals surface area contributed by atoms with Crippen LogP contribution < -0.4 is 11.1 Å². The summed E-state index contributed by atoms with van der Waals surface area (Å²) < 4.78 is 13.1. The summed E-state index contributed by atoms with van der Waals surface area (Å²) in [5.41, 5.74) is 7.03. The largest absolute Gasteiger partial charge is 0.389 e. The van der Waals surface area contributed by atoms with Crippen LogP contribution in [-0.4, -0.2) is 11.5 Å². The molecule has 0 bridgehead atoms. The van der Waals surface area contributed by atoms with E-state index >= 15 is 0 Å². The van der Waals surface area contributed by atoms with Gasteiger partial charge in [-0.15, -0.1) is 0 Å². The monoisotopic (exact) mass is 252 g/mol. The molecule has 2 rings (SSSR count). The first-order valence-corrected chi connectivity index (χ1v) is 6.41. The van der Waals surface area contributed by atoms with Crippen LogP contribution in [0.15, 0.2) is 18.2 Å².